The molecule has 0 amide bonds. The van der Waals surface area contributed by atoms with E-state index in [2.05, 4.69) is 51.8 Å². The topological polar surface area (TPSA) is 40.5 Å². The van der Waals surface area contributed by atoms with Crippen LogP contribution in [0.2, 0.25) is 0 Å². The second kappa shape index (κ2) is 6.79. The monoisotopic (exact) mass is 407 g/mol. The van der Waals surface area contributed by atoms with E-state index in [0.29, 0.717) is 6.54 Å². The summed E-state index contributed by atoms with van der Waals surface area (Å²) >= 11 is 2.28. The molecule has 114 valence electrons. The van der Waals surface area contributed by atoms with Gasteiger partial charge in [-0.15, -0.1) is 0 Å². The molecule has 3 rings (SSSR count). The van der Waals surface area contributed by atoms with Crippen molar-refractivity contribution >= 4 is 28.6 Å². The zero-order valence-electron chi connectivity index (χ0n) is 12.2. The Morgan fingerprint density at radius 2 is 1.91 bits per heavy atom. The molecule has 1 N–H and O–H groups in total. The highest BCUT2D eigenvalue weighted by atomic mass is 127. The molecule has 1 heterocycles. The summed E-state index contributed by atoms with van der Waals surface area (Å²) in [5.74, 6) is -0.961. The minimum Gasteiger partial charge on any atom is -0.481 e. The Bertz CT molecular complexity index is 659. The highest BCUT2D eigenvalue weighted by Gasteiger charge is 2.38. The van der Waals surface area contributed by atoms with E-state index in [1.165, 1.54) is 5.56 Å². The normalized spacial score (nSPS) is 21.9. The third kappa shape index (κ3) is 3.50. The minimum absolute atomic E-state index is 0.0657. The SMILES string of the molecule is O=C(O)[C@@H]1CN(Cc2ccccc2)C[C@H]1c1cccc(I)c1. The summed E-state index contributed by atoms with van der Waals surface area (Å²) in [6, 6.07) is 18.4. The van der Waals surface area contributed by atoms with Gasteiger partial charge in [0.05, 0.1) is 5.92 Å². The number of hydrogen-bond donors (Lipinski definition) is 1. The molecule has 0 aromatic heterocycles. The Morgan fingerprint density at radius 3 is 2.59 bits per heavy atom. The maximum atomic E-state index is 11.6. The molecule has 1 aliphatic rings. The molecule has 0 radical (unpaired) electrons. The van der Waals surface area contributed by atoms with Crippen LogP contribution in [0.1, 0.15) is 17.0 Å². The molecule has 2 aromatic carbocycles. The average Bonchev–Trinajstić information content (AvgIpc) is 2.92. The van der Waals surface area contributed by atoms with Crippen molar-refractivity contribution in [1.29, 1.82) is 0 Å². The summed E-state index contributed by atoms with van der Waals surface area (Å²) in [6.45, 7) is 2.22. The lowest BCUT2D eigenvalue weighted by atomic mass is 9.89. The second-order valence-corrected chi connectivity index (χ2v) is 7.03. The molecule has 2 aromatic rings. The van der Waals surface area contributed by atoms with E-state index in [1.807, 2.05) is 30.3 Å². The average molecular weight is 407 g/mol. The molecule has 0 bridgehead atoms. The summed E-state index contributed by atoms with van der Waals surface area (Å²) < 4.78 is 1.15. The third-order valence-electron chi connectivity index (χ3n) is 4.24. The van der Waals surface area contributed by atoms with E-state index < -0.39 is 5.97 Å². The second-order valence-electron chi connectivity index (χ2n) is 5.79. The van der Waals surface area contributed by atoms with Crippen LogP contribution in [-0.2, 0) is 11.3 Å². The number of carboxylic acids is 1. The van der Waals surface area contributed by atoms with Gasteiger partial charge in [-0.05, 0) is 45.9 Å². The number of rotatable bonds is 4. The first-order chi connectivity index (χ1) is 10.6. The predicted octanol–water partition coefficient (Wildman–Crippen LogP) is 3.59. The van der Waals surface area contributed by atoms with Crippen molar-refractivity contribution in [3.63, 3.8) is 0 Å². The van der Waals surface area contributed by atoms with Gasteiger partial charge in [0.2, 0.25) is 0 Å². The minimum atomic E-state index is -0.695. The molecule has 4 heteroatoms. The summed E-state index contributed by atoms with van der Waals surface area (Å²) in [5.41, 5.74) is 2.37. The van der Waals surface area contributed by atoms with E-state index in [-0.39, 0.29) is 11.8 Å². The van der Waals surface area contributed by atoms with Crippen LogP contribution < -0.4 is 0 Å². The van der Waals surface area contributed by atoms with Crippen molar-refractivity contribution in [3.05, 3.63) is 69.3 Å². The molecule has 2 atom stereocenters. The van der Waals surface area contributed by atoms with Crippen LogP contribution in [0.5, 0.6) is 0 Å². The first-order valence-corrected chi connectivity index (χ1v) is 8.46. The van der Waals surface area contributed by atoms with Gasteiger partial charge in [-0.3, -0.25) is 9.69 Å². The zero-order valence-corrected chi connectivity index (χ0v) is 14.3. The van der Waals surface area contributed by atoms with Gasteiger partial charge in [0, 0.05) is 29.1 Å². The lowest BCUT2D eigenvalue weighted by molar-refractivity contribution is -0.141. The van der Waals surface area contributed by atoms with Crippen molar-refractivity contribution < 1.29 is 9.90 Å². The van der Waals surface area contributed by atoms with Gasteiger partial charge in [-0.2, -0.15) is 0 Å². The molecule has 1 aliphatic heterocycles. The number of carboxylic acid groups (broad SMARTS) is 1. The van der Waals surface area contributed by atoms with Gasteiger partial charge < -0.3 is 5.11 Å². The Kier molecular flexibility index (Phi) is 4.78. The highest BCUT2D eigenvalue weighted by Crippen LogP contribution is 2.34. The van der Waals surface area contributed by atoms with Gasteiger partial charge in [0.25, 0.3) is 0 Å². The predicted molar refractivity (Wildman–Crippen MR) is 94.7 cm³/mol. The smallest absolute Gasteiger partial charge is 0.308 e. The maximum Gasteiger partial charge on any atom is 0.308 e. The van der Waals surface area contributed by atoms with Crippen LogP contribution in [0.3, 0.4) is 0 Å². The van der Waals surface area contributed by atoms with Crippen molar-refractivity contribution in [1.82, 2.24) is 4.90 Å². The first kappa shape index (κ1) is 15.5. The Balaban J connectivity index is 1.79. The fourth-order valence-electron chi connectivity index (χ4n) is 3.18. The molecule has 0 aliphatic carbocycles. The summed E-state index contributed by atoms with van der Waals surface area (Å²) in [4.78, 5) is 13.9. The molecular formula is C18H18INO2. The molecule has 1 fully saturated rings. The third-order valence-corrected chi connectivity index (χ3v) is 4.91. The number of halogens is 1. The number of nitrogens with zero attached hydrogens (tertiary/aromatic N) is 1. The van der Waals surface area contributed by atoms with Crippen LogP contribution in [0.4, 0.5) is 0 Å². The fourth-order valence-corrected chi connectivity index (χ4v) is 3.75. The zero-order chi connectivity index (χ0) is 15.5. The number of carbonyl (C=O) groups is 1. The molecular weight excluding hydrogens is 389 g/mol. The lowest BCUT2D eigenvalue weighted by Crippen LogP contribution is -2.23. The first-order valence-electron chi connectivity index (χ1n) is 7.38. The molecule has 3 nitrogen and oxygen atoms in total. The number of likely N-dealkylation sites (tertiary alicyclic amines) is 1. The Hall–Kier alpha value is -1.40. The highest BCUT2D eigenvalue weighted by molar-refractivity contribution is 14.1. The Labute approximate surface area is 144 Å². The summed E-state index contributed by atoms with van der Waals surface area (Å²) in [7, 11) is 0. The van der Waals surface area contributed by atoms with E-state index in [4.69, 9.17) is 0 Å². The van der Waals surface area contributed by atoms with E-state index in [9.17, 15) is 9.90 Å². The molecule has 0 spiro atoms. The van der Waals surface area contributed by atoms with E-state index in [1.54, 1.807) is 0 Å². The van der Waals surface area contributed by atoms with Crippen molar-refractivity contribution in [2.24, 2.45) is 5.92 Å². The van der Waals surface area contributed by atoms with Crippen molar-refractivity contribution in [2.75, 3.05) is 13.1 Å². The number of hydrogen-bond acceptors (Lipinski definition) is 2. The standard InChI is InChI=1S/C18H18INO2/c19-15-8-4-7-14(9-15)16-11-20(12-17(16)18(21)22)10-13-5-2-1-3-6-13/h1-9,16-17H,10-12H2,(H,21,22)/t16-,17+/m0/s1. The van der Waals surface area contributed by atoms with Crippen LogP contribution in [0.15, 0.2) is 54.6 Å². The molecule has 1 saturated heterocycles. The summed E-state index contributed by atoms with van der Waals surface area (Å²) in [5, 5.41) is 9.57. The quantitative estimate of drug-likeness (QED) is 0.788. The molecule has 0 unspecified atom stereocenters. The fraction of sp³-hybridized carbons (Fsp3) is 0.278. The molecule has 22 heavy (non-hydrogen) atoms. The van der Waals surface area contributed by atoms with Crippen molar-refractivity contribution in [2.45, 2.75) is 12.5 Å². The molecule has 0 saturated carbocycles. The van der Waals surface area contributed by atoms with Gasteiger partial charge >= 0.3 is 5.97 Å². The number of benzene rings is 2. The number of aliphatic carboxylic acids is 1. The lowest BCUT2D eigenvalue weighted by Gasteiger charge is -2.16. The van der Waals surface area contributed by atoms with E-state index >= 15 is 0 Å². The Morgan fingerprint density at radius 1 is 1.14 bits per heavy atom. The van der Waals surface area contributed by atoms with Crippen LogP contribution in [-0.4, -0.2) is 29.1 Å². The van der Waals surface area contributed by atoms with Crippen LogP contribution in [0, 0.1) is 9.49 Å². The van der Waals surface area contributed by atoms with Gasteiger partial charge in [-0.25, -0.2) is 0 Å². The largest absolute Gasteiger partial charge is 0.481 e. The van der Waals surface area contributed by atoms with Crippen molar-refractivity contribution in [3.8, 4) is 0 Å². The summed E-state index contributed by atoms with van der Waals surface area (Å²) in [6.07, 6.45) is 0. The van der Waals surface area contributed by atoms with Crippen LogP contribution in [0.25, 0.3) is 0 Å². The van der Waals surface area contributed by atoms with Gasteiger partial charge in [0.15, 0.2) is 0 Å². The maximum absolute atomic E-state index is 11.6. The van der Waals surface area contributed by atoms with E-state index in [0.717, 1.165) is 22.2 Å². The van der Waals surface area contributed by atoms with Gasteiger partial charge in [-0.1, -0.05) is 42.5 Å². The van der Waals surface area contributed by atoms with Gasteiger partial charge in [0.1, 0.15) is 0 Å². The van der Waals surface area contributed by atoms with Crippen LogP contribution >= 0.6 is 22.6 Å².